The highest BCUT2D eigenvalue weighted by atomic mass is 19.4. The highest BCUT2D eigenvalue weighted by Crippen LogP contribution is 2.31. The Kier molecular flexibility index (Phi) is 6.58. The molecule has 0 aliphatic rings. The van der Waals surface area contributed by atoms with Gasteiger partial charge >= 0.3 is 18.3 Å². The average Bonchev–Trinajstić information content (AvgIpc) is 2.77. The van der Waals surface area contributed by atoms with Gasteiger partial charge in [-0.1, -0.05) is 42.5 Å². The van der Waals surface area contributed by atoms with E-state index in [1.54, 1.807) is 6.07 Å². The number of hydrogen-bond acceptors (Lipinski definition) is 6. The van der Waals surface area contributed by atoms with Crippen LogP contribution in [-0.2, 0) is 21.5 Å². The predicted octanol–water partition coefficient (Wildman–Crippen LogP) is 4.53. The minimum atomic E-state index is -5.34. The molecular weight excluding hydrogens is 456 g/mol. The van der Waals surface area contributed by atoms with Crippen molar-refractivity contribution in [2.45, 2.75) is 18.1 Å². The largest absolute Gasteiger partial charge is 0.491 e. The first-order chi connectivity index (χ1) is 15.4. The lowest BCUT2D eigenvalue weighted by atomic mass is 10.1. The smallest absolute Gasteiger partial charge is 0.420 e. The van der Waals surface area contributed by atoms with Gasteiger partial charge in [-0.3, -0.25) is 0 Å². The van der Waals surface area contributed by atoms with Crippen molar-refractivity contribution in [2.75, 3.05) is 11.9 Å². The van der Waals surface area contributed by atoms with Gasteiger partial charge in [0.05, 0.1) is 17.8 Å². The van der Waals surface area contributed by atoms with E-state index in [9.17, 15) is 36.2 Å². The van der Waals surface area contributed by atoms with Crippen LogP contribution >= 0.6 is 0 Å². The van der Waals surface area contributed by atoms with Crippen molar-refractivity contribution in [1.82, 2.24) is 9.97 Å². The van der Waals surface area contributed by atoms with E-state index in [1.807, 2.05) is 0 Å². The summed E-state index contributed by atoms with van der Waals surface area (Å²) in [4.78, 5) is 19.2. The first kappa shape index (κ1) is 24.0. The number of carbonyl (C=O) groups excluding carboxylic acids is 1. The minimum Gasteiger partial charge on any atom is -0.420 e. The molecule has 3 aromatic rings. The maximum atomic E-state index is 12.7. The van der Waals surface area contributed by atoms with Crippen LogP contribution in [-0.4, -0.2) is 33.8 Å². The Morgan fingerprint density at radius 3 is 2.12 bits per heavy atom. The maximum absolute atomic E-state index is 12.7. The Hall–Kier alpha value is -3.67. The maximum Gasteiger partial charge on any atom is 0.491 e. The van der Waals surface area contributed by atoms with Gasteiger partial charge in [0.15, 0.2) is 0 Å². The molecule has 0 aliphatic carbocycles. The number of ether oxygens (including phenoxy) is 1. The van der Waals surface area contributed by atoms with Crippen LogP contribution in [0.25, 0.3) is 11.3 Å². The molecule has 0 saturated heterocycles. The van der Waals surface area contributed by atoms with Gasteiger partial charge in [0, 0.05) is 17.2 Å². The highest BCUT2D eigenvalue weighted by Gasteiger charge is 2.46. The number of nitrogens with one attached hydrogen (secondary N) is 1. The van der Waals surface area contributed by atoms with Crippen molar-refractivity contribution in [3.8, 4) is 11.3 Å². The van der Waals surface area contributed by atoms with Gasteiger partial charge in [-0.15, -0.1) is 0 Å². The summed E-state index contributed by atoms with van der Waals surface area (Å²) in [5, 5.41) is 13.3. The third kappa shape index (κ3) is 5.98. The van der Waals surface area contributed by atoms with Crippen molar-refractivity contribution in [3.63, 3.8) is 0 Å². The summed E-state index contributed by atoms with van der Waals surface area (Å²) in [6, 6.07) is 12.4. The van der Waals surface area contributed by atoms with Crippen LogP contribution in [0.15, 0.2) is 67.0 Å². The van der Waals surface area contributed by atoms with Crippen LogP contribution in [0.4, 0.5) is 32.2 Å². The molecule has 1 unspecified atom stereocenters. The molecule has 3 rings (SSSR count). The molecule has 2 aromatic carbocycles. The fourth-order valence-corrected chi connectivity index (χ4v) is 2.76. The monoisotopic (exact) mass is 471 g/mol. The molecule has 12 heteroatoms. The first-order valence-corrected chi connectivity index (χ1v) is 9.20. The Balaban J connectivity index is 1.82. The molecule has 174 valence electrons. The summed E-state index contributed by atoms with van der Waals surface area (Å²) in [5.41, 5.74) is -0.461. The van der Waals surface area contributed by atoms with Crippen molar-refractivity contribution in [3.05, 3.63) is 78.1 Å². The molecule has 0 saturated carbocycles. The SMILES string of the molecule is O=C(OC(O)(CNc1cc(-c2ccc(C(F)(F)F)cc2)ncn1)c1ccccc1)C(F)(F)F. The number of halogens is 6. The lowest BCUT2D eigenvalue weighted by Crippen LogP contribution is -2.42. The van der Waals surface area contributed by atoms with Crippen LogP contribution in [0.2, 0.25) is 0 Å². The number of aliphatic hydroxyl groups is 1. The number of benzene rings is 2. The van der Waals surface area contributed by atoms with E-state index in [1.165, 1.54) is 42.5 Å². The van der Waals surface area contributed by atoms with E-state index in [0.29, 0.717) is 5.56 Å². The van der Waals surface area contributed by atoms with E-state index >= 15 is 0 Å². The highest BCUT2D eigenvalue weighted by molar-refractivity contribution is 5.76. The summed E-state index contributed by atoms with van der Waals surface area (Å²) < 4.78 is 80.7. The van der Waals surface area contributed by atoms with E-state index < -0.39 is 36.2 Å². The molecule has 33 heavy (non-hydrogen) atoms. The Morgan fingerprint density at radius 2 is 1.55 bits per heavy atom. The number of alkyl halides is 6. The van der Waals surface area contributed by atoms with Crippen LogP contribution in [0.5, 0.6) is 0 Å². The summed E-state index contributed by atoms with van der Waals surface area (Å²) in [6.07, 6.45) is -8.78. The molecule has 0 bridgehead atoms. The zero-order valence-electron chi connectivity index (χ0n) is 16.5. The molecule has 1 aromatic heterocycles. The van der Waals surface area contributed by atoms with Gasteiger partial charge in [0.1, 0.15) is 12.1 Å². The fraction of sp³-hybridized carbons (Fsp3) is 0.190. The van der Waals surface area contributed by atoms with Gasteiger partial charge in [-0.05, 0) is 12.1 Å². The fourth-order valence-electron chi connectivity index (χ4n) is 2.76. The molecule has 0 amide bonds. The molecular formula is C21H15F6N3O3. The molecule has 1 atom stereocenters. The quantitative estimate of drug-likeness (QED) is 0.312. The zero-order chi connectivity index (χ0) is 24.3. The van der Waals surface area contributed by atoms with Crippen molar-refractivity contribution in [1.29, 1.82) is 0 Å². The second-order valence-electron chi connectivity index (χ2n) is 6.75. The lowest BCUT2D eigenvalue weighted by Gasteiger charge is -2.29. The number of nitrogens with zero attached hydrogens (tertiary/aromatic N) is 2. The number of rotatable bonds is 6. The first-order valence-electron chi connectivity index (χ1n) is 9.20. The van der Waals surface area contributed by atoms with Crippen LogP contribution in [0.1, 0.15) is 11.1 Å². The van der Waals surface area contributed by atoms with E-state index in [-0.39, 0.29) is 17.1 Å². The number of carbonyl (C=O) groups is 1. The normalized spacial score (nSPS) is 13.8. The summed E-state index contributed by atoms with van der Waals surface area (Å²) in [7, 11) is 0. The van der Waals surface area contributed by atoms with E-state index in [0.717, 1.165) is 18.5 Å². The standard InChI is InChI=1S/C21H15F6N3O3/c22-20(23,24)15-8-6-13(7-9-15)16-10-17(30-12-29-16)28-11-19(32,14-4-2-1-3-5-14)33-18(31)21(25,26)27/h1-10,12,32H,11H2,(H,28,29,30). The van der Waals surface area contributed by atoms with Gasteiger partial charge in [0.2, 0.25) is 0 Å². The second-order valence-corrected chi connectivity index (χ2v) is 6.75. The van der Waals surface area contributed by atoms with Crippen LogP contribution < -0.4 is 5.32 Å². The number of anilines is 1. The zero-order valence-corrected chi connectivity index (χ0v) is 16.5. The molecule has 0 aliphatic heterocycles. The van der Waals surface area contributed by atoms with Crippen molar-refractivity contribution < 1.29 is 41.0 Å². The average molecular weight is 471 g/mol. The summed E-state index contributed by atoms with van der Waals surface area (Å²) >= 11 is 0. The molecule has 0 spiro atoms. The van der Waals surface area contributed by atoms with Gasteiger partial charge in [0.25, 0.3) is 5.79 Å². The van der Waals surface area contributed by atoms with Gasteiger partial charge in [-0.2, -0.15) is 26.3 Å². The van der Waals surface area contributed by atoms with Gasteiger partial charge < -0.3 is 15.2 Å². The van der Waals surface area contributed by atoms with Crippen molar-refractivity contribution >= 4 is 11.8 Å². The Labute approximate surface area is 182 Å². The predicted molar refractivity (Wildman–Crippen MR) is 103 cm³/mol. The third-order valence-electron chi connectivity index (χ3n) is 4.40. The van der Waals surface area contributed by atoms with Crippen molar-refractivity contribution in [2.24, 2.45) is 0 Å². The number of esters is 1. The number of hydrogen-bond donors (Lipinski definition) is 2. The van der Waals surface area contributed by atoms with Crippen LogP contribution in [0, 0.1) is 0 Å². The second kappa shape index (κ2) is 9.06. The topological polar surface area (TPSA) is 84.3 Å². The third-order valence-corrected chi connectivity index (χ3v) is 4.40. The van der Waals surface area contributed by atoms with E-state index in [4.69, 9.17) is 0 Å². The molecule has 6 nitrogen and oxygen atoms in total. The minimum absolute atomic E-state index is 0.0114. The lowest BCUT2D eigenvalue weighted by molar-refractivity contribution is -0.248. The molecule has 0 fully saturated rings. The summed E-state index contributed by atoms with van der Waals surface area (Å²) in [5.74, 6) is -5.28. The van der Waals surface area contributed by atoms with Gasteiger partial charge in [-0.25, -0.2) is 14.8 Å². The Bertz CT molecular complexity index is 1100. The van der Waals surface area contributed by atoms with Crippen LogP contribution in [0.3, 0.4) is 0 Å². The van der Waals surface area contributed by atoms with E-state index in [2.05, 4.69) is 20.0 Å². The molecule has 2 N–H and O–H groups in total. The molecule has 1 heterocycles. The molecule has 0 radical (unpaired) electrons. The Morgan fingerprint density at radius 1 is 0.909 bits per heavy atom. The summed E-state index contributed by atoms with van der Waals surface area (Å²) in [6.45, 7) is -0.720. The number of aromatic nitrogens is 2.